The van der Waals surface area contributed by atoms with Crippen LogP contribution in [0.2, 0.25) is 5.02 Å². The minimum Gasteiger partial charge on any atom is -0.480 e. The summed E-state index contributed by atoms with van der Waals surface area (Å²) in [4.78, 5) is 24.4. The maximum Gasteiger partial charge on any atom is 0.326 e. The molecule has 4 rings (SSSR count). The number of aliphatic carboxylic acids is 1. The van der Waals surface area contributed by atoms with Gasteiger partial charge in [-0.25, -0.2) is 4.79 Å². The van der Waals surface area contributed by atoms with Gasteiger partial charge < -0.3 is 15.7 Å². The third-order valence-electron chi connectivity index (χ3n) is 6.19. The lowest BCUT2D eigenvalue weighted by molar-refractivity contribution is -0.139. The Hall–Kier alpha value is -3.93. The van der Waals surface area contributed by atoms with Crippen LogP contribution in [0.1, 0.15) is 27.0 Å². The third kappa shape index (κ3) is 7.29. The molecule has 0 fully saturated rings. The average Bonchev–Trinajstić information content (AvgIpc) is 2.92. The molecule has 4 aromatic rings. The van der Waals surface area contributed by atoms with Crippen molar-refractivity contribution in [2.75, 3.05) is 6.54 Å². The van der Waals surface area contributed by atoms with Crippen molar-refractivity contribution in [3.05, 3.63) is 130 Å². The largest absolute Gasteiger partial charge is 0.480 e. The van der Waals surface area contributed by atoms with Crippen molar-refractivity contribution >= 4 is 23.5 Å². The highest BCUT2D eigenvalue weighted by Crippen LogP contribution is 2.24. The van der Waals surface area contributed by atoms with Gasteiger partial charge in [-0.2, -0.15) is 0 Å². The van der Waals surface area contributed by atoms with Crippen LogP contribution in [-0.4, -0.2) is 29.6 Å². The van der Waals surface area contributed by atoms with Gasteiger partial charge in [0.25, 0.3) is 5.91 Å². The first-order valence-electron chi connectivity index (χ1n) is 12.2. The summed E-state index contributed by atoms with van der Waals surface area (Å²) in [6, 6.07) is 32.0. The van der Waals surface area contributed by atoms with Crippen LogP contribution in [0.25, 0.3) is 11.1 Å². The van der Waals surface area contributed by atoms with Gasteiger partial charge >= 0.3 is 5.97 Å². The van der Waals surface area contributed by atoms with E-state index in [4.69, 9.17) is 11.6 Å². The van der Waals surface area contributed by atoms with Crippen molar-refractivity contribution in [3.63, 3.8) is 0 Å². The molecule has 0 radical (unpaired) electrons. The number of hydrogen-bond acceptors (Lipinski definition) is 3. The fraction of sp³-hybridized carbons (Fsp3) is 0.161. The summed E-state index contributed by atoms with van der Waals surface area (Å²) in [5.74, 6) is -1.61. The molecule has 1 atom stereocenters. The first-order valence-corrected chi connectivity index (χ1v) is 12.6. The first-order chi connectivity index (χ1) is 18.0. The van der Waals surface area contributed by atoms with Gasteiger partial charge in [0.15, 0.2) is 0 Å². The molecular weight excluding hydrogens is 484 g/mol. The Morgan fingerprint density at radius 3 is 2.19 bits per heavy atom. The van der Waals surface area contributed by atoms with Crippen LogP contribution in [0, 0.1) is 0 Å². The number of nitrogens with one attached hydrogen (secondary N) is 2. The zero-order valence-electron chi connectivity index (χ0n) is 20.4. The molecular formula is C31H29ClN2O3. The lowest BCUT2D eigenvalue weighted by Gasteiger charge is -2.16. The smallest absolute Gasteiger partial charge is 0.326 e. The predicted molar refractivity (Wildman–Crippen MR) is 148 cm³/mol. The highest BCUT2D eigenvalue weighted by Gasteiger charge is 2.22. The van der Waals surface area contributed by atoms with Crippen LogP contribution in [0.15, 0.2) is 103 Å². The van der Waals surface area contributed by atoms with Crippen LogP contribution in [0.3, 0.4) is 0 Å². The number of carboxylic acids is 1. The number of amides is 1. The summed E-state index contributed by atoms with van der Waals surface area (Å²) < 4.78 is 0. The predicted octanol–water partition coefficient (Wildman–Crippen LogP) is 5.77. The fourth-order valence-corrected chi connectivity index (χ4v) is 4.42. The van der Waals surface area contributed by atoms with E-state index < -0.39 is 17.9 Å². The summed E-state index contributed by atoms with van der Waals surface area (Å²) in [5, 5.41) is 16.1. The van der Waals surface area contributed by atoms with Crippen molar-refractivity contribution in [2.45, 2.75) is 25.4 Å². The number of halogens is 1. The molecule has 0 aliphatic rings. The molecule has 0 saturated carbocycles. The Balaban J connectivity index is 1.39. The van der Waals surface area contributed by atoms with Crippen molar-refractivity contribution in [1.29, 1.82) is 0 Å². The molecule has 1 amide bonds. The molecule has 5 nitrogen and oxygen atoms in total. The quantitative estimate of drug-likeness (QED) is 0.223. The second kappa shape index (κ2) is 12.9. The molecule has 6 heteroatoms. The molecule has 0 aliphatic carbocycles. The number of benzene rings is 4. The van der Waals surface area contributed by atoms with Crippen molar-refractivity contribution in [3.8, 4) is 11.1 Å². The Kier molecular flexibility index (Phi) is 9.08. The molecule has 0 bridgehead atoms. The number of rotatable bonds is 11. The van der Waals surface area contributed by atoms with E-state index in [2.05, 4.69) is 47.0 Å². The van der Waals surface area contributed by atoms with E-state index in [0.717, 1.165) is 36.2 Å². The van der Waals surface area contributed by atoms with Gasteiger partial charge in [-0.15, -0.1) is 0 Å². The molecule has 0 aromatic heterocycles. The highest BCUT2D eigenvalue weighted by molar-refractivity contribution is 6.33. The van der Waals surface area contributed by atoms with E-state index in [1.807, 2.05) is 42.5 Å². The average molecular weight is 513 g/mol. The molecule has 0 aliphatic heterocycles. The van der Waals surface area contributed by atoms with Crippen LogP contribution < -0.4 is 10.6 Å². The van der Waals surface area contributed by atoms with Gasteiger partial charge in [-0.3, -0.25) is 4.79 Å². The fourth-order valence-electron chi connectivity index (χ4n) is 4.19. The molecule has 0 heterocycles. The topological polar surface area (TPSA) is 78.4 Å². The molecule has 0 spiro atoms. The molecule has 37 heavy (non-hydrogen) atoms. The number of carbonyl (C=O) groups is 2. The standard InChI is InChI=1S/C31H29ClN2O3/c32-28-13-7-6-12-27(28)30(35)34-29(31(36)37)20-23-14-16-24(17-15-23)26-11-5-4-10-25(26)21-33-19-18-22-8-2-1-3-9-22/h1-17,29,33H,18-21H2,(H,34,35)(H,36,37). The van der Waals surface area contributed by atoms with Crippen molar-refractivity contribution in [1.82, 2.24) is 10.6 Å². The number of carboxylic acid groups (broad SMARTS) is 1. The summed E-state index contributed by atoms with van der Waals surface area (Å²) in [6.45, 7) is 1.63. The Morgan fingerprint density at radius 1 is 0.784 bits per heavy atom. The summed E-state index contributed by atoms with van der Waals surface area (Å²) >= 11 is 6.09. The minimum atomic E-state index is -1.10. The van der Waals surface area contributed by atoms with Crippen LogP contribution >= 0.6 is 11.6 Å². The van der Waals surface area contributed by atoms with Crippen LogP contribution in [0.4, 0.5) is 0 Å². The minimum absolute atomic E-state index is 0.161. The summed E-state index contributed by atoms with van der Waals surface area (Å²) in [7, 11) is 0. The maximum atomic E-state index is 12.6. The molecule has 4 aromatic carbocycles. The van der Waals surface area contributed by atoms with Gasteiger partial charge in [-0.1, -0.05) is 103 Å². The van der Waals surface area contributed by atoms with E-state index in [1.165, 1.54) is 11.1 Å². The molecule has 188 valence electrons. The second-order valence-electron chi connectivity index (χ2n) is 8.81. The summed E-state index contributed by atoms with van der Waals surface area (Å²) in [6.07, 6.45) is 1.13. The Morgan fingerprint density at radius 2 is 1.46 bits per heavy atom. The van der Waals surface area contributed by atoms with E-state index in [0.29, 0.717) is 0 Å². The third-order valence-corrected chi connectivity index (χ3v) is 6.52. The van der Waals surface area contributed by atoms with Crippen LogP contribution in [-0.2, 0) is 24.2 Å². The molecule has 0 saturated heterocycles. The lowest BCUT2D eigenvalue weighted by atomic mass is 9.97. The van der Waals surface area contributed by atoms with Crippen LogP contribution in [0.5, 0.6) is 0 Å². The SMILES string of the molecule is O=C(NC(Cc1ccc(-c2ccccc2CNCCc2ccccc2)cc1)C(=O)O)c1ccccc1Cl. The Bertz CT molecular complexity index is 1340. The van der Waals surface area contributed by atoms with E-state index in [9.17, 15) is 14.7 Å². The first kappa shape index (κ1) is 26.1. The molecule has 3 N–H and O–H groups in total. The highest BCUT2D eigenvalue weighted by atomic mass is 35.5. The number of carbonyl (C=O) groups excluding carboxylic acids is 1. The van der Waals surface area contributed by atoms with E-state index in [1.54, 1.807) is 24.3 Å². The van der Waals surface area contributed by atoms with Gasteiger partial charge in [0.1, 0.15) is 6.04 Å². The number of hydrogen-bond donors (Lipinski definition) is 3. The maximum absolute atomic E-state index is 12.6. The zero-order valence-corrected chi connectivity index (χ0v) is 21.1. The zero-order chi connectivity index (χ0) is 26.0. The van der Waals surface area contributed by atoms with Gasteiger partial charge in [0, 0.05) is 13.0 Å². The summed E-state index contributed by atoms with van der Waals surface area (Å²) in [5.41, 5.74) is 5.74. The normalized spacial score (nSPS) is 11.6. The van der Waals surface area contributed by atoms with Crippen molar-refractivity contribution < 1.29 is 14.7 Å². The van der Waals surface area contributed by atoms with Gasteiger partial charge in [-0.05, 0) is 52.9 Å². The lowest BCUT2D eigenvalue weighted by Crippen LogP contribution is -2.42. The van der Waals surface area contributed by atoms with E-state index in [-0.39, 0.29) is 17.0 Å². The van der Waals surface area contributed by atoms with Gasteiger partial charge in [0.2, 0.25) is 0 Å². The van der Waals surface area contributed by atoms with Crippen molar-refractivity contribution in [2.24, 2.45) is 0 Å². The van der Waals surface area contributed by atoms with Gasteiger partial charge in [0.05, 0.1) is 10.6 Å². The molecule has 1 unspecified atom stereocenters. The second-order valence-corrected chi connectivity index (χ2v) is 9.22. The van der Waals surface area contributed by atoms with E-state index >= 15 is 0 Å². The Labute approximate surface area is 222 Å². The monoisotopic (exact) mass is 512 g/mol.